The minimum atomic E-state index is -0.997. The Morgan fingerprint density at radius 1 is 1.52 bits per heavy atom. The normalized spacial score (nSPS) is 17.7. The molecule has 1 aromatic rings. The molecule has 23 heavy (non-hydrogen) atoms. The first-order valence-corrected chi connectivity index (χ1v) is 7.97. The summed E-state index contributed by atoms with van der Waals surface area (Å²) in [6, 6.07) is 0. The molecule has 2 rings (SSSR count). The largest absolute Gasteiger partial charge is 0.480 e. The molecule has 1 unspecified atom stereocenters. The summed E-state index contributed by atoms with van der Waals surface area (Å²) in [4.78, 5) is 32.5. The molecular formula is C13H19N5O4S. The van der Waals surface area contributed by atoms with Crippen LogP contribution in [0.25, 0.3) is 0 Å². The molecule has 5 N–H and O–H groups in total. The second-order valence-corrected chi connectivity index (χ2v) is 6.06. The first-order valence-electron chi connectivity index (χ1n) is 7.09. The zero-order valence-corrected chi connectivity index (χ0v) is 13.3. The molecule has 126 valence electrons. The van der Waals surface area contributed by atoms with E-state index < -0.39 is 5.97 Å². The van der Waals surface area contributed by atoms with Gasteiger partial charge in [-0.1, -0.05) is 0 Å². The Morgan fingerprint density at radius 2 is 2.30 bits per heavy atom. The Kier molecular flexibility index (Phi) is 5.88. The monoisotopic (exact) mass is 341 g/mol. The number of aromatic nitrogens is 1. The second kappa shape index (κ2) is 7.88. The molecule has 0 aliphatic carbocycles. The molecule has 0 bridgehead atoms. The van der Waals surface area contributed by atoms with Crippen molar-refractivity contribution in [3.05, 3.63) is 11.1 Å². The quantitative estimate of drug-likeness (QED) is 0.488. The van der Waals surface area contributed by atoms with Crippen molar-refractivity contribution in [2.75, 3.05) is 26.3 Å². The molecule has 9 nitrogen and oxygen atoms in total. The molecule has 10 heteroatoms. The number of guanidine groups is 1. The van der Waals surface area contributed by atoms with Gasteiger partial charge in [0.2, 0.25) is 5.13 Å². The number of carboxylic acid groups (broad SMARTS) is 1. The number of likely N-dealkylation sites (tertiary alicyclic amines) is 1. The number of nitrogens with two attached hydrogens (primary N) is 2. The maximum Gasteiger partial charge on any atom is 0.329 e. The third-order valence-corrected chi connectivity index (χ3v) is 4.06. The van der Waals surface area contributed by atoms with Crippen molar-refractivity contribution in [1.29, 1.82) is 0 Å². The molecule has 1 aliphatic rings. The van der Waals surface area contributed by atoms with Gasteiger partial charge in [-0.05, 0) is 18.8 Å². The maximum atomic E-state index is 12.5. The third-order valence-electron chi connectivity index (χ3n) is 3.32. The van der Waals surface area contributed by atoms with Gasteiger partial charge in [0.15, 0.2) is 5.96 Å². The minimum Gasteiger partial charge on any atom is -0.480 e. The average Bonchev–Trinajstić information content (AvgIpc) is 2.94. The number of hydrogen-bond donors (Lipinski definition) is 3. The van der Waals surface area contributed by atoms with Gasteiger partial charge in [0, 0.05) is 18.5 Å². The fourth-order valence-electron chi connectivity index (χ4n) is 2.38. The smallest absolute Gasteiger partial charge is 0.329 e. The van der Waals surface area contributed by atoms with Gasteiger partial charge in [0.1, 0.15) is 12.3 Å². The van der Waals surface area contributed by atoms with Crippen LogP contribution in [0.1, 0.15) is 23.3 Å². The number of ether oxygens (including phenoxy) is 1. The van der Waals surface area contributed by atoms with E-state index in [9.17, 15) is 9.59 Å². The summed E-state index contributed by atoms with van der Waals surface area (Å²) < 4.78 is 5.12. The predicted octanol–water partition coefficient (Wildman–Crippen LogP) is 0.00140. The van der Waals surface area contributed by atoms with E-state index in [1.54, 1.807) is 10.3 Å². The van der Waals surface area contributed by atoms with Crippen molar-refractivity contribution in [3.63, 3.8) is 0 Å². The Bertz CT molecular complexity index is 599. The maximum absolute atomic E-state index is 12.5. The number of aliphatic carboxylic acids is 1. The van der Waals surface area contributed by atoms with E-state index >= 15 is 0 Å². The highest BCUT2D eigenvalue weighted by Gasteiger charge is 2.26. The molecule has 1 atom stereocenters. The molecule has 0 saturated carbocycles. The van der Waals surface area contributed by atoms with Gasteiger partial charge in [0.05, 0.1) is 6.61 Å². The number of nitrogens with zero attached hydrogens (tertiary/aromatic N) is 3. The van der Waals surface area contributed by atoms with Crippen LogP contribution in [0.5, 0.6) is 0 Å². The number of rotatable bonds is 6. The van der Waals surface area contributed by atoms with Gasteiger partial charge in [0.25, 0.3) is 5.91 Å². The number of amides is 1. The predicted molar refractivity (Wildman–Crippen MR) is 84.7 cm³/mol. The summed E-state index contributed by atoms with van der Waals surface area (Å²) in [5.74, 6) is -1.15. The van der Waals surface area contributed by atoms with Crippen molar-refractivity contribution >= 4 is 34.3 Å². The average molecular weight is 341 g/mol. The molecule has 1 amide bonds. The van der Waals surface area contributed by atoms with E-state index in [4.69, 9.17) is 21.3 Å². The van der Waals surface area contributed by atoms with Crippen LogP contribution in [0.2, 0.25) is 0 Å². The van der Waals surface area contributed by atoms with Gasteiger partial charge >= 0.3 is 5.97 Å². The Labute approximate surface area is 137 Å². The van der Waals surface area contributed by atoms with Crippen molar-refractivity contribution in [2.45, 2.75) is 12.8 Å². The Balaban J connectivity index is 1.92. The number of hydrogen-bond acceptors (Lipinski definition) is 6. The SMILES string of the molecule is NC(N)=Nc1nc(C(=O)N2CCCC(COCC(=O)O)C2)cs1. The molecule has 1 saturated heterocycles. The Hall–Kier alpha value is -2.20. The molecule has 0 spiro atoms. The highest BCUT2D eigenvalue weighted by Crippen LogP contribution is 2.22. The van der Waals surface area contributed by atoms with Gasteiger partial charge < -0.3 is 26.2 Å². The highest BCUT2D eigenvalue weighted by molar-refractivity contribution is 7.13. The first-order chi connectivity index (χ1) is 11.0. The van der Waals surface area contributed by atoms with Crippen molar-refractivity contribution in [3.8, 4) is 0 Å². The fourth-order valence-corrected chi connectivity index (χ4v) is 3.06. The number of piperidine rings is 1. The van der Waals surface area contributed by atoms with E-state index in [-0.39, 0.29) is 24.4 Å². The summed E-state index contributed by atoms with van der Waals surface area (Å²) in [6.07, 6.45) is 1.75. The fraction of sp³-hybridized carbons (Fsp3) is 0.538. The molecule has 1 aromatic heterocycles. The third kappa shape index (κ3) is 5.18. The van der Waals surface area contributed by atoms with E-state index in [1.807, 2.05) is 0 Å². The van der Waals surface area contributed by atoms with E-state index in [2.05, 4.69) is 9.98 Å². The number of carbonyl (C=O) groups excluding carboxylic acids is 1. The van der Waals surface area contributed by atoms with Gasteiger partial charge in [-0.15, -0.1) is 11.3 Å². The number of carboxylic acids is 1. The summed E-state index contributed by atoms with van der Waals surface area (Å²) in [5, 5.41) is 10.5. The van der Waals surface area contributed by atoms with Crippen LogP contribution in [0, 0.1) is 5.92 Å². The molecule has 0 aromatic carbocycles. The zero-order valence-electron chi connectivity index (χ0n) is 12.5. The van der Waals surface area contributed by atoms with Crippen molar-refractivity contribution in [2.24, 2.45) is 22.4 Å². The summed E-state index contributed by atoms with van der Waals surface area (Å²) in [5.41, 5.74) is 10.9. The second-order valence-electron chi connectivity index (χ2n) is 5.22. The molecule has 0 radical (unpaired) electrons. The van der Waals surface area contributed by atoms with Crippen molar-refractivity contribution < 1.29 is 19.4 Å². The zero-order chi connectivity index (χ0) is 16.8. The summed E-state index contributed by atoms with van der Waals surface area (Å²) >= 11 is 1.19. The van der Waals surface area contributed by atoms with Crippen LogP contribution in [0.3, 0.4) is 0 Å². The van der Waals surface area contributed by atoms with Crippen LogP contribution < -0.4 is 11.5 Å². The van der Waals surface area contributed by atoms with Crippen molar-refractivity contribution in [1.82, 2.24) is 9.88 Å². The van der Waals surface area contributed by atoms with Crippen LogP contribution in [-0.2, 0) is 9.53 Å². The lowest BCUT2D eigenvalue weighted by atomic mass is 9.99. The lowest BCUT2D eigenvalue weighted by molar-refractivity contribution is -0.142. The first kappa shape index (κ1) is 17.2. The topological polar surface area (TPSA) is 144 Å². The van der Waals surface area contributed by atoms with Gasteiger partial charge in [-0.3, -0.25) is 4.79 Å². The van der Waals surface area contributed by atoms with Crippen LogP contribution >= 0.6 is 11.3 Å². The van der Waals surface area contributed by atoms with E-state index in [0.717, 1.165) is 12.8 Å². The van der Waals surface area contributed by atoms with Gasteiger partial charge in [-0.25, -0.2) is 9.78 Å². The summed E-state index contributed by atoms with van der Waals surface area (Å²) in [6.45, 7) is 1.17. The van der Waals surface area contributed by atoms with Crippen LogP contribution in [0.15, 0.2) is 10.4 Å². The lowest BCUT2D eigenvalue weighted by Crippen LogP contribution is -2.41. The molecule has 1 aliphatic heterocycles. The minimum absolute atomic E-state index is 0.105. The summed E-state index contributed by atoms with van der Waals surface area (Å²) in [7, 11) is 0. The molecular weight excluding hydrogens is 322 g/mol. The lowest BCUT2D eigenvalue weighted by Gasteiger charge is -2.32. The van der Waals surface area contributed by atoms with E-state index in [0.29, 0.717) is 30.5 Å². The van der Waals surface area contributed by atoms with Gasteiger partial charge in [-0.2, -0.15) is 4.99 Å². The number of carbonyl (C=O) groups is 2. The standard InChI is InChI=1S/C13H19N5O4S/c14-12(15)17-13-16-9(7-23-13)11(21)18-3-1-2-8(4-18)5-22-6-10(19)20/h7-8H,1-6H2,(H,19,20)(H4,14,15,16,17). The van der Waals surface area contributed by atoms with E-state index in [1.165, 1.54) is 11.3 Å². The molecule has 2 heterocycles. The number of aliphatic imine (C=N–C) groups is 1. The number of thiazole rings is 1. The van der Waals surface area contributed by atoms with Crippen LogP contribution in [0.4, 0.5) is 5.13 Å². The highest BCUT2D eigenvalue weighted by atomic mass is 32.1. The Morgan fingerprint density at radius 3 is 3.00 bits per heavy atom. The van der Waals surface area contributed by atoms with Crippen LogP contribution in [-0.4, -0.2) is 59.1 Å². The molecule has 1 fully saturated rings.